The highest BCUT2D eigenvalue weighted by molar-refractivity contribution is 5.97. The average Bonchev–Trinajstić information content (AvgIpc) is 2.26. The molecule has 73 valence electrons. The van der Waals surface area contributed by atoms with Gasteiger partial charge in [-0.05, 0) is 18.1 Å². The van der Waals surface area contributed by atoms with E-state index in [1.165, 1.54) is 6.08 Å². The molecule has 1 atom stereocenters. The number of nitrogens with two attached hydrogens (primary N) is 1. The molecular weight excluding hydrogens is 174 g/mol. The van der Waals surface area contributed by atoms with Crippen molar-refractivity contribution in [2.75, 3.05) is 0 Å². The highest BCUT2D eigenvalue weighted by atomic mass is 16.1. The van der Waals surface area contributed by atoms with Crippen molar-refractivity contribution in [3.05, 3.63) is 48.9 Å². The van der Waals surface area contributed by atoms with Crippen LogP contribution in [0.1, 0.15) is 12.0 Å². The standard InChI is InChI=1S/C12H14NO/c1-2-11(13)12(14)9-8-10-6-4-3-5-7-10/h3-9,11H,1-2,13H2/b9-8+. The second-order valence-corrected chi connectivity index (χ2v) is 3.04. The van der Waals surface area contributed by atoms with Crippen LogP contribution >= 0.6 is 0 Å². The normalized spacial score (nSPS) is 13.0. The van der Waals surface area contributed by atoms with Crippen molar-refractivity contribution in [1.82, 2.24) is 0 Å². The maximum Gasteiger partial charge on any atom is 0.172 e. The number of hydrogen-bond acceptors (Lipinski definition) is 2. The van der Waals surface area contributed by atoms with E-state index in [0.717, 1.165) is 5.56 Å². The quantitative estimate of drug-likeness (QED) is 0.732. The van der Waals surface area contributed by atoms with Gasteiger partial charge in [-0.2, -0.15) is 0 Å². The number of benzene rings is 1. The molecule has 0 heterocycles. The summed E-state index contributed by atoms with van der Waals surface area (Å²) >= 11 is 0. The van der Waals surface area contributed by atoms with Crippen LogP contribution in [0.4, 0.5) is 0 Å². The van der Waals surface area contributed by atoms with Gasteiger partial charge in [-0.3, -0.25) is 4.79 Å². The molecular formula is C12H14NO. The minimum Gasteiger partial charge on any atom is -0.321 e. The highest BCUT2D eigenvalue weighted by Gasteiger charge is 2.05. The van der Waals surface area contributed by atoms with Gasteiger partial charge in [0.15, 0.2) is 5.78 Å². The maximum atomic E-state index is 11.3. The number of carbonyl (C=O) groups is 1. The van der Waals surface area contributed by atoms with Gasteiger partial charge in [-0.1, -0.05) is 43.3 Å². The van der Waals surface area contributed by atoms with Crippen molar-refractivity contribution in [3.63, 3.8) is 0 Å². The Bertz CT molecular complexity index is 316. The van der Waals surface area contributed by atoms with Crippen LogP contribution in [0.5, 0.6) is 0 Å². The van der Waals surface area contributed by atoms with Gasteiger partial charge in [0, 0.05) is 0 Å². The molecule has 0 saturated carbocycles. The van der Waals surface area contributed by atoms with E-state index in [0.29, 0.717) is 6.42 Å². The summed E-state index contributed by atoms with van der Waals surface area (Å²) in [6, 6.07) is 9.16. The lowest BCUT2D eigenvalue weighted by atomic mass is 10.1. The monoisotopic (exact) mass is 188 g/mol. The van der Waals surface area contributed by atoms with Crippen LogP contribution in [0.3, 0.4) is 0 Å². The summed E-state index contributed by atoms with van der Waals surface area (Å²) in [6.07, 6.45) is 3.70. The summed E-state index contributed by atoms with van der Waals surface area (Å²) < 4.78 is 0. The Kier molecular flexibility index (Phi) is 4.08. The first-order valence-corrected chi connectivity index (χ1v) is 4.56. The third-order valence-corrected chi connectivity index (χ3v) is 1.92. The molecule has 1 radical (unpaired) electrons. The van der Waals surface area contributed by atoms with E-state index in [2.05, 4.69) is 6.92 Å². The molecule has 2 N–H and O–H groups in total. The zero-order chi connectivity index (χ0) is 10.4. The fourth-order valence-corrected chi connectivity index (χ4v) is 1.01. The second-order valence-electron chi connectivity index (χ2n) is 3.04. The summed E-state index contributed by atoms with van der Waals surface area (Å²) in [7, 11) is 0. The van der Waals surface area contributed by atoms with Crippen LogP contribution in [0.15, 0.2) is 36.4 Å². The van der Waals surface area contributed by atoms with Crippen molar-refractivity contribution < 1.29 is 4.79 Å². The first-order chi connectivity index (χ1) is 6.74. The van der Waals surface area contributed by atoms with Crippen LogP contribution in [-0.4, -0.2) is 11.8 Å². The van der Waals surface area contributed by atoms with Crippen LogP contribution in [0.25, 0.3) is 6.08 Å². The van der Waals surface area contributed by atoms with Gasteiger partial charge in [0.05, 0.1) is 6.04 Å². The molecule has 1 aromatic carbocycles. The lowest BCUT2D eigenvalue weighted by molar-refractivity contribution is -0.115. The van der Waals surface area contributed by atoms with Gasteiger partial charge in [0.25, 0.3) is 0 Å². The molecule has 2 heteroatoms. The van der Waals surface area contributed by atoms with Gasteiger partial charge in [-0.25, -0.2) is 0 Å². The Hall–Kier alpha value is -1.41. The van der Waals surface area contributed by atoms with Crippen LogP contribution in [-0.2, 0) is 4.79 Å². The predicted molar refractivity (Wildman–Crippen MR) is 58.4 cm³/mol. The number of rotatable bonds is 4. The smallest absolute Gasteiger partial charge is 0.172 e. The average molecular weight is 188 g/mol. The molecule has 0 bridgehead atoms. The molecule has 0 amide bonds. The van der Waals surface area contributed by atoms with Crippen molar-refractivity contribution in [2.45, 2.75) is 12.5 Å². The molecule has 0 saturated heterocycles. The molecule has 0 aliphatic carbocycles. The Labute approximate surface area is 84.4 Å². The van der Waals surface area contributed by atoms with Crippen molar-refractivity contribution in [3.8, 4) is 0 Å². The highest BCUT2D eigenvalue weighted by Crippen LogP contribution is 2.01. The zero-order valence-corrected chi connectivity index (χ0v) is 8.02. The third-order valence-electron chi connectivity index (χ3n) is 1.92. The van der Waals surface area contributed by atoms with Crippen LogP contribution < -0.4 is 5.73 Å². The molecule has 0 aromatic heterocycles. The van der Waals surface area contributed by atoms with Crippen LogP contribution in [0, 0.1) is 6.92 Å². The molecule has 0 spiro atoms. The van der Waals surface area contributed by atoms with Gasteiger partial charge in [0.1, 0.15) is 0 Å². The van der Waals surface area contributed by atoms with Gasteiger partial charge < -0.3 is 5.73 Å². The summed E-state index contributed by atoms with van der Waals surface area (Å²) in [5, 5.41) is 0. The Morgan fingerprint density at radius 1 is 1.43 bits per heavy atom. The topological polar surface area (TPSA) is 43.1 Å². The summed E-state index contributed by atoms with van der Waals surface area (Å²) in [4.78, 5) is 11.3. The van der Waals surface area contributed by atoms with E-state index in [-0.39, 0.29) is 5.78 Å². The lowest BCUT2D eigenvalue weighted by Crippen LogP contribution is -2.27. The van der Waals surface area contributed by atoms with Crippen molar-refractivity contribution >= 4 is 11.9 Å². The largest absolute Gasteiger partial charge is 0.321 e. The van der Waals surface area contributed by atoms with E-state index < -0.39 is 6.04 Å². The molecule has 1 rings (SSSR count). The van der Waals surface area contributed by atoms with Crippen molar-refractivity contribution in [2.24, 2.45) is 5.73 Å². The first-order valence-electron chi connectivity index (χ1n) is 4.56. The molecule has 0 fully saturated rings. The molecule has 14 heavy (non-hydrogen) atoms. The number of hydrogen-bond donors (Lipinski definition) is 1. The minimum atomic E-state index is -0.477. The van der Waals surface area contributed by atoms with Crippen molar-refractivity contribution in [1.29, 1.82) is 0 Å². The van der Waals surface area contributed by atoms with E-state index in [4.69, 9.17) is 5.73 Å². The molecule has 0 aliphatic rings. The summed E-state index contributed by atoms with van der Waals surface area (Å²) in [6.45, 7) is 3.58. The van der Waals surface area contributed by atoms with E-state index in [1.54, 1.807) is 6.08 Å². The zero-order valence-electron chi connectivity index (χ0n) is 8.02. The number of carbonyl (C=O) groups excluding carboxylic acids is 1. The fraction of sp³-hybridized carbons (Fsp3) is 0.167. The van der Waals surface area contributed by atoms with Gasteiger partial charge >= 0.3 is 0 Å². The Morgan fingerprint density at radius 2 is 2.07 bits per heavy atom. The maximum absolute atomic E-state index is 11.3. The van der Waals surface area contributed by atoms with E-state index >= 15 is 0 Å². The SMILES string of the molecule is [CH2]CC(N)C(=O)/C=C/c1ccccc1. The fourth-order valence-electron chi connectivity index (χ4n) is 1.01. The molecule has 1 aromatic rings. The van der Waals surface area contributed by atoms with Crippen LogP contribution in [0.2, 0.25) is 0 Å². The van der Waals surface area contributed by atoms with Gasteiger partial charge in [-0.15, -0.1) is 0 Å². The first kappa shape index (κ1) is 10.7. The van der Waals surface area contributed by atoms with E-state index in [9.17, 15) is 4.79 Å². The Morgan fingerprint density at radius 3 is 2.64 bits per heavy atom. The molecule has 2 nitrogen and oxygen atoms in total. The second kappa shape index (κ2) is 5.35. The Balaban J connectivity index is 2.61. The van der Waals surface area contributed by atoms with E-state index in [1.807, 2.05) is 30.3 Å². The van der Waals surface area contributed by atoms with Gasteiger partial charge in [0.2, 0.25) is 0 Å². The summed E-state index contributed by atoms with van der Waals surface area (Å²) in [5.41, 5.74) is 6.51. The molecule has 1 unspecified atom stereocenters. The third kappa shape index (κ3) is 3.15. The lowest BCUT2D eigenvalue weighted by Gasteiger charge is -2.01. The number of ketones is 1. The molecule has 0 aliphatic heterocycles. The summed E-state index contributed by atoms with van der Waals surface area (Å²) in [5.74, 6) is -0.0798. The predicted octanol–water partition coefficient (Wildman–Crippen LogP) is 1.82. The minimum absolute atomic E-state index is 0.0798.